The molecule has 0 bridgehead atoms. The maximum atomic E-state index is 5.28. The van der Waals surface area contributed by atoms with Gasteiger partial charge < -0.3 is 14.7 Å². The van der Waals surface area contributed by atoms with Crippen molar-refractivity contribution in [1.29, 1.82) is 0 Å². The van der Waals surface area contributed by atoms with E-state index in [-0.39, 0.29) is 24.0 Å². The van der Waals surface area contributed by atoms with Crippen LogP contribution in [-0.4, -0.2) is 51.1 Å². The van der Waals surface area contributed by atoms with E-state index >= 15 is 0 Å². The van der Waals surface area contributed by atoms with Crippen LogP contribution in [0.1, 0.15) is 23.4 Å². The molecular weight excluding hydrogens is 489 g/mol. The van der Waals surface area contributed by atoms with Crippen LogP contribution in [0.15, 0.2) is 39.3 Å². The molecule has 8 nitrogen and oxygen atoms in total. The Morgan fingerprint density at radius 3 is 2.86 bits per heavy atom. The number of nitrogens with zero attached hydrogens (tertiary/aromatic N) is 6. The fourth-order valence-corrected chi connectivity index (χ4v) is 3.08. The highest BCUT2D eigenvalue weighted by Crippen LogP contribution is 2.13. The van der Waals surface area contributed by atoms with Crippen LogP contribution in [0.25, 0.3) is 11.6 Å². The summed E-state index contributed by atoms with van der Waals surface area (Å²) in [6, 6.07) is 5.58. The van der Waals surface area contributed by atoms with Crippen molar-refractivity contribution in [2.45, 2.75) is 26.8 Å². The monoisotopic (exact) mass is 513 g/mol. The molecule has 0 spiro atoms. The van der Waals surface area contributed by atoms with Crippen LogP contribution in [0.5, 0.6) is 0 Å². The normalized spacial score (nSPS) is 11.2. The molecule has 3 heterocycles. The highest BCUT2D eigenvalue weighted by molar-refractivity contribution is 14.0. The number of nitrogens with one attached hydrogen (secondary N) is 1. The van der Waals surface area contributed by atoms with Crippen molar-refractivity contribution in [3.63, 3.8) is 0 Å². The topological polar surface area (TPSA) is 92.3 Å². The number of guanidine groups is 1. The van der Waals surface area contributed by atoms with E-state index in [9.17, 15) is 0 Å². The van der Waals surface area contributed by atoms with E-state index in [1.165, 1.54) is 0 Å². The van der Waals surface area contributed by atoms with Gasteiger partial charge in [0.25, 0.3) is 5.89 Å². The Hall–Kier alpha value is -2.08. The highest BCUT2D eigenvalue weighted by Gasteiger charge is 2.11. The molecule has 3 aromatic heterocycles. The van der Waals surface area contributed by atoms with Crippen molar-refractivity contribution >= 4 is 41.3 Å². The molecule has 0 radical (unpaired) electrons. The quantitative estimate of drug-likeness (QED) is 0.295. The largest absolute Gasteiger partial charge is 0.357 e. The molecule has 0 fully saturated rings. The third-order valence-corrected chi connectivity index (χ3v) is 4.53. The van der Waals surface area contributed by atoms with Crippen molar-refractivity contribution in [3.8, 4) is 11.6 Å². The molecule has 0 aliphatic rings. The molecule has 3 rings (SSSR count). The van der Waals surface area contributed by atoms with E-state index in [1.54, 1.807) is 17.5 Å². The number of hydrogen-bond acceptors (Lipinski definition) is 7. The summed E-state index contributed by atoms with van der Waals surface area (Å²) in [5.74, 6) is 1.88. The van der Waals surface area contributed by atoms with Crippen LogP contribution >= 0.6 is 35.3 Å². The van der Waals surface area contributed by atoms with Gasteiger partial charge in [0.15, 0.2) is 11.8 Å². The Kier molecular flexibility index (Phi) is 8.77. The average Bonchev–Trinajstić information content (AvgIpc) is 3.31. The lowest BCUT2D eigenvalue weighted by atomic mass is 10.3. The van der Waals surface area contributed by atoms with Crippen molar-refractivity contribution in [2.24, 2.45) is 4.99 Å². The van der Waals surface area contributed by atoms with Gasteiger partial charge in [-0.1, -0.05) is 11.2 Å². The van der Waals surface area contributed by atoms with Gasteiger partial charge in [0.1, 0.15) is 5.69 Å². The molecule has 0 aromatic carbocycles. The summed E-state index contributed by atoms with van der Waals surface area (Å²) in [5.41, 5.74) is 1.72. The Morgan fingerprint density at radius 2 is 2.18 bits per heavy atom. The standard InChI is InChI=1S/C18H23N7OS.HI/c1-4-19-18(25(3)11-14-12-27-13(2)22-14)21-10-8-16-23-17(26-24-16)15-7-5-6-9-20-15;/h5-7,9,12H,4,8,10-11H2,1-3H3,(H,19,21);1H. The molecule has 0 saturated carbocycles. The Morgan fingerprint density at radius 1 is 1.32 bits per heavy atom. The van der Waals surface area contributed by atoms with Crippen LogP contribution in [0.3, 0.4) is 0 Å². The second-order valence-corrected chi connectivity index (χ2v) is 6.99. The van der Waals surface area contributed by atoms with Crippen molar-refractivity contribution in [3.05, 3.63) is 46.3 Å². The maximum Gasteiger partial charge on any atom is 0.276 e. The van der Waals surface area contributed by atoms with Gasteiger partial charge in [0, 0.05) is 38.1 Å². The number of aryl methyl sites for hydroxylation is 1. The molecule has 0 amide bonds. The zero-order valence-corrected chi connectivity index (χ0v) is 19.3. The molecule has 3 aromatic rings. The SMILES string of the molecule is CCNC(=NCCc1noc(-c2ccccn2)n1)N(C)Cc1csc(C)n1.I. The van der Waals surface area contributed by atoms with Crippen LogP contribution in [0.4, 0.5) is 0 Å². The lowest BCUT2D eigenvalue weighted by Crippen LogP contribution is -2.38. The lowest BCUT2D eigenvalue weighted by molar-refractivity contribution is 0.421. The minimum Gasteiger partial charge on any atom is -0.357 e. The van der Waals surface area contributed by atoms with Gasteiger partial charge in [-0.15, -0.1) is 35.3 Å². The average molecular weight is 513 g/mol. The zero-order valence-electron chi connectivity index (χ0n) is 16.1. The summed E-state index contributed by atoms with van der Waals surface area (Å²) in [5, 5.41) is 10.5. The van der Waals surface area contributed by atoms with Gasteiger partial charge in [-0.2, -0.15) is 4.98 Å². The van der Waals surface area contributed by atoms with Gasteiger partial charge in [0.2, 0.25) is 0 Å². The van der Waals surface area contributed by atoms with Crippen LogP contribution in [-0.2, 0) is 13.0 Å². The van der Waals surface area contributed by atoms with Gasteiger partial charge in [-0.05, 0) is 26.0 Å². The van der Waals surface area contributed by atoms with E-state index in [2.05, 4.69) is 47.6 Å². The summed E-state index contributed by atoms with van der Waals surface area (Å²) >= 11 is 1.66. The van der Waals surface area contributed by atoms with Gasteiger partial charge in [-0.3, -0.25) is 9.98 Å². The van der Waals surface area contributed by atoms with E-state index in [0.717, 1.165) is 23.2 Å². The third kappa shape index (κ3) is 6.23. The number of hydrogen-bond donors (Lipinski definition) is 1. The first-order chi connectivity index (χ1) is 13.2. The summed E-state index contributed by atoms with van der Waals surface area (Å²) in [6.07, 6.45) is 2.29. The van der Waals surface area contributed by atoms with E-state index in [0.29, 0.717) is 36.9 Å². The number of rotatable bonds is 7. The van der Waals surface area contributed by atoms with E-state index in [4.69, 9.17) is 4.52 Å². The summed E-state index contributed by atoms with van der Waals surface area (Å²) in [4.78, 5) is 19.8. The second kappa shape index (κ2) is 11.1. The fourth-order valence-electron chi connectivity index (χ4n) is 2.48. The number of aromatic nitrogens is 4. The number of pyridine rings is 1. The van der Waals surface area contributed by atoms with Crippen molar-refractivity contribution in [2.75, 3.05) is 20.1 Å². The van der Waals surface area contributed by atoms with Crippen LogP contribution in [0, 0.1) is 6.92 Å². The summed E-state index contributed by atoms with van der Waals surface area (Å²) in [6.45, 7) is 6.13. The number of thiazole rings is 1. The van der Waals surface area contributed by atoms with Crippen LogP contribution in [0.2, 0.25) is 0 Å². The molecule has 0 atom stereocenters. The molecule has 10 heteroatoms. The summed E-state index contributed by atoms with van der Waals surface area (Å²) in [7, 11) is 2.00. The Labute approximate surface area is 185 Å². The highest BCUT2D eigenvalue weighted by atomic mass is 127. The molecular formula is C18H24IN7OS. The minimum absolute atomic E-state index is 0. The first-order valence-corrected chi connectivity index (χ1v) is 9.68. The molecule has 28 heavy (non-hydrogen) atoms. The van der Waals surface area contributed by atoms with Gasteiger partial charge in [0.05, 0.1) is 17.2 Å². The maximum absolute atomic E-state index is 5.28. The van der Waals surface area contributed by atoms with Gasteiger partial charge >= 0.3 is 0 Å². The van der Waals surface area contributed by atoms with Crippen molar-refractivity contribution < 1.29 is 4.52 Å². The van der Waals surface area contributed by atoms with E-state index < -0.39 is 0 Å². The molecule has 0 saturated heterocycles. The molecule has 0 aliphatic heterocycles. The minimum atomic E-state index is 0. The summed E-state index contributed by atoms with van der Waals surface area (Å²) < 4.78 is 5.28. The molecule has 0 aliphatic carbocycles. The van der Waals surface area contributed by atoms with Crippen LogP contribution < -0.4 is 5.32 Å². The molecule has 0 unspecified atom stereocenters. The smallest absolute Gasteiger partial charge is 0.276 e. The predicted octanol–water partition coefficient (Wildman–Crippen LogP) is 3.15. The first kappa shape index (κ1) is 22.2. The lowest BCUT2D eigenvalue weighted by Gasteiger charge is -2.21. The zero-order chi connectivity index (χ0) is 19.1. The Bertz CT molecular complexity index is 881. The Balaban J connectivity index is 0.00000280. The predicted molar refractivity (Wildman–Crippen MR) is 121 cm³/mol. The molecule has 1 N–H and O–H groups in total. The number of halogens is 1. The third-order valence-electron chi connectivity index (χ3n) is 3.71. The van der Waals surface area contributed by atoms with Gasteiger partial charge in [-0.25, -0.2) is 4.98 Å². The van der Waals surface area contributed by atoms with Crippen molar-refractivity contribution in [1.82, 2.24) is 30.3 Å². The number of aliphatic imine (C=N–C) groups is 1. The first-order valence-electron chi connectivity index (χ1n) is 8.80. The second-order valence-electron chi connectivity index (χ2n) is 5.93. The molecule has 150 valence electrons. The fraction of sp³-hybridized carbons (Fsp3) is 0.389. The van der Waals surface area contributed by atoms with E-state index in [1.807, 2.05) is 32.2 Å².